The lowest BCUT2D eigenvalue weighted by Crippen LogP contribution is -2.51. The van der Waals surface area contributed by atoms with E-state index < -0.39 is 0 Å². The van der Waals surface area contributed by atoms with E-state index in [1.54, 1.807) is 17.0 Å². The SMILES string of the molecule is O=C(Cc1c[nH]c2ccccc12)NCC(=O)N1CCN(c2ccc(F)cc2)CC1. The zero-order valence-corrected chi connectivity index (χ0v) is 16.0. The summed E-state index contributed by atoms with van der Waals surface area (Å²) in [4.78, 5) is 31.7. The van der Waals surface area contributed by atoms with Crippen molar-refractivity contribution in [3.05, 3.63) is 66.1 Å². The zero-order valence-electron chi connectivity index (χ0n) is 16.0. The number of para-hydroxylation sites is 1. The number of benzene rings is 2. The second-order valence-electron chi connectivity index (χ2n) is 7.16. The van der Waals surface area contributed by atoms with Crippen LogP contribution in [0.5, 0.6) is 0 Å². The number of rotatable bonds is 5. The maximum atomic E-state index is 13.1. The highest BCUT2D eigenvalue weighted by atomic mass is 19.1. The lowest BCUT2D eigenvalue weighted by atomic mass is 10.1. The van der Waals surface area contributed by atoms with E-state index in [2.05, 4.69) is 15.2 Å². The Labute approximate surface area is 168 Å². The summed E-state index contributed by atoms with van der Waals surface area (Å²) in [5.41, 5.74) is 2.86. The average molecular weight is 394 g/mol. The number of hydrogen-bond donors (Lipinski definition) is 2. The highest BCUT2D eigenvalue weighted by Crippen LogP contribution is 2.18. The summed E-state index contributed by atoms with van der Waals surface area (Å²) in [7, 11) is 0. The number of carbonyl (C=O) groups is 2. The number of anilines is 1. The van der Waals surface area contributed by atoms with Gasteiger partial charge in [-0.2, -0.15) is 0 Å². The summed E-state index contributed by atoms with van der Waals surface area (Å²) in [6.07, 6.45) is 2.07. The van der Waals surface area contributed by atoms with Gasteiger partial charge in [-0.25, -0.2) is 4.39 Å². The number of amides is 2. The summed E-state index contributed by atoms with van der Waals surface area (Å²) in [5, 5.41) is 3.75. The van der Waals surface area contributed by atoms with E-state index in [-0.39, 0.29) is 30.6 Å². The van der Waals surface area contributed by atoms with Gasteiger partial charge in [0, 0.05) is 49.0 Å². The molecule has 2 amide bonds. The van der Waals surface area contributed by atoms with E-state index in [1.165, 1.54) is 12.1 Å². The van der Waals surface area contributed by atoms with Crippen LogP contribution in [0.25, 0.3) is 10.9 Å². The predicted molar refractivity (Wildman–Crippen MR) is 110 cm³/mol. The van der Waals surface area contributed by atoms with Crippen LogP contribution in [0.4, 0.5) is 10.1 Å². The maximum absolute atomic E-state index is 13.1. The Bertz CT molecular complexity index is 1010. The van der Waals surface area contributed by atoms with Gasteiger partial charge in [0.25, 0.3) is 0 Å². The topological polar surface area (TPSA) is 68.4 Å². The Kier molecular flexibility index (Phi) is 5.46. The molecule has 0 saturated carbocycles. The van der Waals surface area contributed by atoms with Gasteiger partial charge in [0.15, 0.2) is 0 Å². The first-order valence-corrected chi connectivity index (χ1v) is 9.70. The van der Waals surface area contributed by atoms with Crippen molar-refractivity contribution in [2.75, 3.05) is 37.6 Å². The minimum atomic E-state index is -0.258. The molecule has 29 heavy (non-hydrogen) atoms. The van der Waals surface area contributed by atoms with Crippen LogP contribution in [0.15, 0.2) is 54.7 Å². The summed E-state index contributed by atoms with van der Waals surface area (Å²) < 4.78 is 13.1. The first kappa shape index (κ1) is 19.0. The molecule has 0 spiro atoms. The number of H-pyrrole nitrogens is 1. The van der Waals surface area contributed by atoms with Gasteiger partial charge in [0.05, 0.1) is 13.0 Å². The van der Waals surface area contributed by atoms with E-state index in [9.17, 15) is 14.0 Å². The molecular formula is C22H23FN4O2. The first-order chi connectivity index (χ1) is 14.1. The standard InChI is InChI=1S/C22H23FN4O2/c23-17-5-7-18(8-6-17)26-9-11-27(12-10-26)22(29)15-25-21(28)13-16-14-24-20-4-2-1-3-19(16)20/h1-8,14,24H,9-13,15H2,(H,25,28). The second-order valence-corrected chi connectivity index (χ2v) is 7.16. The first-order valence-electron chi connectivity index (χ1n) is 9.70. The van der Waals surface area contributed by atoms with Crippen molar-refractivity contribution in [3.63, 3.8) is 0 Å². The zero-order chi connectivity index (χ0) is 20.2. The van der Waals surface area contributed by atoms with Crippen LogP contribution >= 0.6 is 0 Å². The monoisotopic (exact) mass is 394 g/mol. The number of nitrogens with zero attached hydrogens (tertiary/aromatic N) is 2. The number of aromatic nitrogens is 1. The van der Waals surface area contributed by atoms with Gasteiger partial charge >= 0.3 is 0 Å². The lowest BCUT2D eigenvalue weighted by Gasteiger charge is -2.36. The fourth-order valence-electron chi connectivity index (χ4n) is 3.67. The minimum absolute atomic E-state index is 0.00225. The van der Waals surface area contributed by atoms with Crippen molar-refractivity contribution in [2.45, 2.75) is 6.42 Å². The number of aromatic amines is 1. The molecule has 2 aromatic carbocycles. The van der Waals surface area contributed by atoms with Gasteiger partial charge < -0.3 is 20.1 Å². The van der Waals surface area contributed by atoms with Crippen molar-refractivity contribution in [1.82, 2.24) is 15.2 Å². The van der Waals surface area contributed by atoms with E-state index in [0.717, 1.165) is 22.2 Å². The third-order valence-corrected chi connectivity index (χ3v) is 5.29. The van der Waals surface area contributed by atoms with Crippen LogP contribution < -0.4 is 10.2 Å². The van der Waals surface area contributed by atoms with Crippen LogP contribution in [-0.2, 0) is 16.0 Å². The normalized spacial score (nSPS) is 14.2. The predicted octanol–water partition coefficient (Wildman–Crippen LogP) is 2.31. The molecule has 0 aliphatic carbocycles. The Balaban J connectivity index is 1.24. The van der Waals surface area contributed by atoms with Gasteiger partial charge in [-0.1, -0.05) is 18.2 Å². The number of fused-ring (bicyclic) bond motifs is 1. The molecule has 4 rings (SSSR count). The van der Waals surface area contributed by atoms with Gasteiger partial charge in [0.1, 0.15) is 5.82 Å². The molecule has 3 aromatic rings. The van der Waals surface area contributed by atoms with Crippen molar-refractivity contribution in [2.24, 2.45) is 0 Å². The molecular weight excluding hydrogens is 371 g/mol. The molecule has 2 heterocycles. The van der Waals surface area contributed by atoms with E-state index in [4.69, 9.17) is 0 Å². The van der Waals surface area contributed by atoms with Crippen LogP contribution in [0.1, 0.15) is 5.56 Å². The molecule has 7 heteroatoms. The quantitative estimate of drug-likeness (QED) is 0.698. The Morgan fingerprint density at radius 1 is 1.00 bits per heavy atom. The molecule has 1 fully saturated rings. The molecule has 0 bridgehead atoms. The molecule has 0 radical (unpaired) electrons. The van der Waals surface area contributed by atoms with Crippen molar-refractivity contribution in [1.29, 1.82) is 0 Å². The van der Waals surface area contributed by atoms with E-state index in [0.29, 0.717) is 26.2 Å². The fraction of sp³-hybridized carbons (Fsp3) is 0.273. The molecule has 0 atom stereocenters. The highest BCUT2D eigenvalue weighted by molar-refractivity contribution is 5.90. The summed E-state index contributed by atoms with van der Waals surface area (Å²) in [6, 6.07) is 14.2. The molecule has 1 aliphatic rings. The number of nitrogens with one attached hydrogen (secondary N) is 2. The molecule has 1 saturated heterocycles. The third-order valence-electron chi connectivity index (χ3n) is 5.29. The van der Waals surface area contributed by atoms with E-state index in [1.807, 2.05) is 30.5 Å². The van der Waals surface area contributed by atoms with Crippen molar-refractivity contribution >= 4 is 28.4 Å². The summed E-state index contributed by atoms with van der Waals surface area (Å²) >= 11 is 0. The van der Waals surface area contributed by atoms with Crippen molar-refractivity contribution < 1.29 is 14.0 Å². The number of hydrogen-bond acceptors (Lipinski definition) is 3. The summed E-state index contributed by atoms with van der Waals surface area (Å²) in [5.74, 6) is -0.518. The van der Waals surface area contributed by atoms with Crippen LogP contribution in [-0.4, -0.2) is 54.4 Å². The van der Waals surface area contributed by atoms with Crippen LogP contribution in [0.3, 0.4) is 0 Å². The van der Waals surface area contributed by atoms with Crippen LogP contribution in [0.2, 0.25) is 0 Å². The smallest absolute Gasteiger partial charge is 0.242 e. The van der Waals surface area contributed by atoms with Gasteiger partial charge in [0.2, 0.25) is 11.8 Å². The van der Waals surface area contributed by atoms with Crippen molar-refractivity contribution in [3.8, 4) is 0 Å². The number of halogens is 1. The molecule has 1 aliphatic heterocycles. The average Bonchev–Trinajstić information content (AvgIpc) is 3.15. The highest BCUT2D eigenvalue weighted by Gasteiger charge is 2.21. The lowest BCUT2D eigenvalue weighted by molar-refractivity contribution is -0.133. The number of piperazine rings is 1. The Morgan fingerprint density at radius 3 is 2.48 bits per heavy atom. The molecule has 6 nitrogen and oxygen atoms in total. The minimum Gasteiger partial charge on any atom is -0.368 e. The van der Waals surface area contributed by atoms with Gasteiger partial charge in [-0.3, -0.25) is 9.59 Å². The molecule has 0 unspecified atom stereocenters. The van der Waals surface area contributed by atoms with Gasteiger partial charge in [-0.05, 0) is 35.9 Å². The number of carbonyl (C=O) groups excluding carboxylic acids is 2. The molecule has 2 N–H and O–H groups in total. The Hall–Kier alpha value is -3.35. The largest absolute Gasteiger partial charge is 0.368 e. The molecule has 150 valence electrons. The van der Waals surface area contributed by atoms with Gasteiger partial charge in [-0.15, -0.1) is 0 Å². The third kappa shape index (κ3) is 4.39. The second kappa shape index (κ2) is 8.34. The fourth-order valence-corrected chi connectivity index (χ4v) is 3.67. The molecule has 1 aromatic heterocycles. The van der Waals surface area contributed by atoms with E-state index >= 15 is 0 Å². The van der Waals surface area contributed by atoms with Crippen LogP contribution in [0, 0.1) is 5.82 Å². The Morgan fingerprint density at radius 2 is 1.72 bits per heavy atom. The maximum Gasteiger partial charge on any atom is 0.242 e. The summed E-state index contributed by atoms with van der Waals surface area (Å²) in [6.45, 7) is 2.52.